The van der Waals surface area contributed by atoms with E-state index in [-0.39, 0.29) is 0 Å². The molecular weight excluding hydrogens is 576 g/mol. The summed E-state index contributed by atoms with van der Waals surface area (Å²) >= 11 is 0. The van der Waals surface area contributed by atoms with Gasteiger partial charge < -0.3 is 4.42 Å². The molecule has 0 spiro atoms. The van der Waals surface area contributed by atoms with E-state index in [1.807, 2.05) is 60.7 Å². The van der Waals surface area contributed by atoms with Crippen LogP contribution in [-0.2, 0) is 0 Å². The largest absolute Gasteiger partial charge is 0.438 e. The normalized spacial score (nSPS) is 11.8. The quantitative estimate of drug-likeness (QED) is 0.201. The van der Waals surface area contributed by atoms with Gasteiger partial charge in [-0.1, -0.05) is 121 Å². The minimum absolute atomic E-state index is 0.585. The number of furan rings is 1. The maximum Gasteiger partial charge on any atom is 0.227 e. The molecule has 0 aliphatic heterocycles. The van der Waals surface area contributed by atoms with Gasteiger partial charge in [0.2, 0.25) is 5.71 Å². The van der Waals surface area contributed by atoms with E-state index in [4.69, 9.17) is 19.4 Å². The lowest BCUT2D eigenvalue weighted by Gasteiger charge is -2.11. The number of hydrogen-bond donors (Lipinski definition) is 0. The minimum atomic E-state index is 0.585. The lowest BCUT2D eigenvalue weighted by Crippen LogP contribution is -2.00. The molecule has 6 aromatic carbocycles. The molecule has 0 saturated carbocycles. The van der Waals surface area contributed by atoms with E-state index in [1.165, 1.54) is 38.6 Å². The third kappa shape index (κ3) is 3.97. The van der Waals surface area contributed by atoms with Gasteiger partial charge in [0, 0.05) is 33.7 Å². The molecule has 0 N–H and O–H groups in total. The van der Waals surface area contributed by atoms with Crippen LogP contribution in [0.25, 0.3) is 100 Å². The molecule has 0 bridgehead atoms. The lowest BCUT2D eigenvalue weighted by atomic mass is 9.94. The zero-order chi connectivity index (χ0) is 30.9. The Kier molecular flexibility index (Phi) is 5.51. The second-order valence-electron chi connectivity index (χ2n) is 11.8. The molecule has 5 heteroatoms. The number of hydrogen-bond acceptors (Lipinski definition) is 5. The molecule has 0 fully saturated rings. The summed E-state index contributed by atoms with van der Waals surface area (Å²) in [7, 11) is 0. The maximum atomic E-state index is 6.08. The van der Waals surface area contributed by atoms with E-state index in [0.29, 0.717) is 23.2 Å². The van der Waals surface area contributed by atoms with Gasteiger partial charge in [0.15, 0.2) is 17.5 Å². The van der Waals surface area contributed by atoms with Gasteiger partial charge in [0.25, 0.3) is 0 Å². The SMILES string of the molecule is c1ccc(-c2nc(-c3ccc(-c4ccc5c6c(cccc46)-c4ccccc4-5)cc3)nc(-c3cccc4oc5ncccc5c34)n2)cc1. The summed E-state index contributed by atoms with van der Waals surface area (Å²) in [4.78, 5) is 19.5. The fourth-order valence-electron chi connectivity index (χ4n) is 7.05. The van der Waals surface area contributed by atoms with Crippen molar-refractivity contribution in [3.63, 3.8) is 0 Å². The molecule has 0 saturated heterocycles. The van der Waals surface area contributed by atoms with Crippen molar-refractivity contribution in [3.05, 3.63) is 146 Å². The summed E-state index contributed by atoms with van der Waals surface area (Å²) in [6.45, 7) is 0. The highest BCUT2D eigenvalue weighted by Crippen LogP contribution is 2.49. The standard InChI is InChI=1S/C42H24N4O/c1-2-9-26(10-3-1)39-44-40(46-41(45-39)34-15-7-17-36-38(34)35-16-8-24-43-42(35)47-36)27-20-18-25(19-21-27)28-22-23-33-30-12-5-4-11-29(30)32-14-6-13-31(28)37(32)33/h1-24H. The van der Waals surface area contributed by atoms with Crippen LogP contribution >= 0.6 is 0 Å². The molecule has 0 atom stereocenters. The minimum Gasteiger partial charge on any atom is -0.438 e. The van der Waals surface area contributed by atoms with E-state index in [1.54, 1.807) is 6.20 Å². The molecule has 218 valence electrons. The molecule has 1 aliphatic carbocycles. The molecular formula is C42H24N4O. The Morgan fingerprint density at radius 3 is 1.77 bits per heavy atom. The van der Waals surface area contributed by atoms with E-state index < -0.39 is 0 Å². The highest BCUT2D eigenvalue weighted by atomic mass is 16.3. The summed E-state index contributed by atoms with van der Waals surface area (Å²) in [5.41, 5.74) is 11.6. The monoisotopic (exact) mass is 600 g/mol. The molecule has 3 heterocycles. The highest BCUT2D eigenvalue weighted by molar-refractivity contribution is 6.18. The zero-order valence-corrected chi connectivity index (χ0v) is 25.1. The highest BCUT2D eigenvalue weighted by Gasteiger charge is 2.22. The number of fused-ring (bicyclic) bond motifs is 6. The zero-order valence-electron chi connectivity index (χ0n) is 25.1. The van der Waals surface area contributed by atoms with Crippen molar-refractivity contribution >= 4 is 32.8 Å². The van der Waals surface area contributed by atoms with Crippen LogP contribution in [0.2, 0.25) is 0 Å². The first-order valence-corrected chi connectivity index (χ1v) is 15.6. The molecule has 0 radical (unpaired) electrons. The third-order valence-electron chi connectivity index (χ3n) is 9.18. The fourth-order valence-corrected chi connectivity index (χ4v) is 7.05. The summed E-state index contributed by atoms with van der Waals surface area (Å²) in [5.74, 6) is 1.81. The Morgan fingerprint density at radius 2 is 0.957 bits per heavy atom. The predicted octanol–water partition coefficient (Wildman–Crippen LogP) is 10.6. The van der Waals surface area contributed by atoms with Crippen LogP contribution in [0.15, 0.2) is 150 Å². The van der Waals surface area contributed by atoms with Crippen LogP contribution < -0.4 is 0 Å². The topological polar surface area (TPSA) is 64.7 Å². The number of benzene rings is 6. The average Bonchev–Trinajstić information content (AvgIpc) is 3.69. The van der Waals surface area contributed by atoms with Crippen molar-refractivity contribution < 1.29 is 4.42 Å². The van der Waals surface area contributed by atoms with Gasteiger partial charge in [-0.15, -0.1) is 0 Å². The molecule has 0 unspecified atom stereocenters. The van der Waals surface area contributed by atoms with Gasteiger partial charge >= 0.3 is 0 Å². The first-order chi connectivity index (χ1) is 23.3. The maximum absolute atomic E-state index is 6.08. The fraction of sp³-hybridized carbons (Fsp3) is 0. The van der Waals surface area contributed by atoms with Gasteiger partial charge in [-0.25, -0.2) is 19.9 Å². The van der Waals surface area contributed by atoms with Crippen molar-refractivity contribution in [1.29, 1.82) is 0 Å². The Balaban J connectivity index is 1.12. The molecule has 5 nitrogen and oxygen atoms in total. The Morgan fingerprint density at radius 1 is 0.362 bits per heavy atom. The van der Waals surface area contributed by atoms with Crippen molar-refractivity contribution in [2.24, 2.45) is 0 Å². The first-order valence-electron chi connectivity index (χ1n) is 15.6. The average molecular weight is 601 g/mol. The number of aromatic nitrogens is 4. The smallest absolute Gasteiger partial charge is 0.227 e. The van der Waals surface area contributed by atoms with Crippen molar-refractivity contribution in [3.8, 4) is 67.5 Å². The van der Waals surface area contributed by atoms with Crippen LogP contribution in [0, 0.1) is 0 Å². The summed E-state index contributed by atoms with van der Waals surface area (Å²) in [5, 5.41) is 4.45. The van der Waals surface area contributed by atoms with E-state index >= 15 is 0 Å². The third-order valence-corrected chi connectivity index (χ3v) is 9.18. The number of nitrogens with zero attached hydrogens (tertiary/aromatic N) is 4. The van der Waals surface area contributed by atoms with Crippen LogP contribution in [0.3, 0.4) is 0 Å². The molecule has 3 aromatic heterocycles. The van der Waals surface area contributed by atoms with E-state index in [9.17, 15) is 0 Å². The second-order valence-corrected chi connectivity index (χ2v) is 11.8. The molecule has 1 aliphatic rings. The second kappa shape index (κ2) is 10.0. The van der Waals surface area contributed by atoms with Crippen molar-refractivity contribution in [1.82, 2.24) is 19.9 Å². The Labute approximate surface area is 269 Å². The summed E-state index contributed by atoms with van der Waals surface area (Å²) < 4.78 is 6.08. The lowest BCUT2D eigenvalue weighted by molar-refractivity contribution is 0.654. The first kappa shape index (κ1) is 25.8. The van der Waals surface area contributed by atoms with Crippen molar-refractivity contribution in [2.45, 2.75) is 0 Å². The van der Waals surface area contributed by atoms with Crippen LogP contribution in [0.4, 0.5) is 0 Å². The van der Waals surface area contributed by atoms with Gasteiger partial charge in [-0.05, 0) is 62.4 Å². The predicted molar refractivity (Wildman–Crippen MR) is 189 cm³/mol. The van der Waals surface area contributed by atoms with Crippen LogP contribution in [0.1, 0.15) is 0 Å². The van der Waals surface area contributed by atoms with E-state index in [0.717, 1.165) is 38.6 Å². The summed E-state index contributed by atoms with van der Waals surface area (Å²) in [6, 6.07) is 48.3. The molecule has 9 aromatic rings. The number of pyridine rings is 1. The summed E-state index contributed by atoms with van der Waals surface area (Å²) in [6.07, 6.45) is 1.74. The molecule has 10 rings (SSSR count). The van der Waals surface area contributed by atoms with E-state index in [2.05, 4.69) is 83.8 Å². The Hall–Kier alpha value is -6.46. The van der Waals surface area contributed by atoms with Crippen LogP contribution in [-0.4, -0.2) is 19.9 Å². The van der Waals surface area contributed by atoms with Gasteiger partial charge in [0.1, 0.15) is 5.58 Å². The van der Waals surface area contributed by atoms with Gasteiger partial charge in [-0.2, -0.15) is 0 Å². The van der Waals surface area contributed by atoms with Crippen LogP contribution in [0.5, 0.6) is 0 Å². The molecule has 0 amide bonds. The number of rotatable bonds is 4. The Bertz CT molecular complexity index is 2650. The molecule has 47 heavy (non-hydrogen) atoms. The van der Waals surface area contributed by atoms with Gasteiger partial charge in [-0.3, -0.25) is 0 Å². The van der Waals surface area contributed by atoms with Gasteiger partial charge in [0.05, 0.1) is 0 Å². The van der Waals surface area contributed by atoms with Crippen molar-refractivity contribution in [2.75, 3.05) is 0 Å².